The Balaban J connectivity index is 5.82. The Morgan fingerprint density at radius 1 is 1.00 bits per heavy atom. The zero-order valence-electron chi connectivity index (χ0n) is 12.1. The first kappa shape index (κ1) is 16.9. The van der Waals surface area contributed by atoms with Gasteiger partial charge in [0.15, 0.2) is 0 Å². The van der Waals surface area contributed by atoms with Crippen molar-refractivity contribution in [3.63, 3.8) is 0 Å². The van der Waals surface area contributed by atoms with E-state index in [1.165, 1.54) is 0 Å². The van der Waals surface area contributed by atoms with Gasteiger partial charge in [-0.25, -0.2) is 0 Å². The highest BCUT2D eigenvalue weighted by Gasteiger charge is 2.57. The molecule has 5 heteroatoms. The molecule has 0 aliphatic carbocycles. The quantitative estimate of drug-likeness (QED) is 0.716. The number of hydrogen-bond acceptors (Lipinski definition) is 3. The fourth-order valence-corrected chi connectivity index (χ4v) is 2.88. The molecule has 0 heterocycles. The van der Waals surface area contributed by atoms with E-state index < -0.39 is 34.2 Å². The number of carboxylic acids is 2. The number of carboxylic acid groups (broad SMARTS) is 2. The molecule has 0 amide bonds. The van der Waals surface area contributed by atoms with E-state index in [2.05, 4.69) is 0 Å². The SMILES string of the molecule is CC(C)(C)C(C[C@@H](N)C(=O)O)(C(=O)O)C(C)(C)C. The zero-order valence-corrected chi connectivity index (χ0v) is 12.1. The fourth-order valence-electron chi connectivity index (χ4n) is 2.88. The van der Waals surface area contributed by atoms with E-state index >= 15 is 0 Å². The van der Waals surface area contributed by atoms with Gasteiger partial charge in [0.05, 0.1) is 5.41 Å². The monoisotopic (exact) mass is 259 g/mol. The van der Waals surface area contributed by atoms with Crippen molar-refractivity contribution in [2.75, 3.05) is 0 Å². The van der Waals surface area contributed by atoms with Crippen molar-refractivity contribution >= 4 is 11.9 Å². The van der Waals surface area contributed by atoms with Gasteiger partial charge in [-0.15, -0.1) is 0 Å². The smallest absolute Gasteiger partial charge is 0.320 e. The second-order valence-corrected chi connectivity index (χ2v) is 6.86. The van der Waals surface area contributed by atoms with Crippen molar-refractivity contribution in [2.24, 2.45) is 22.0 Å². The van der Waals surface area contributed by atoms with E-state index in [0.717, 1.165) is 0 Å². The summed E-state index contributed by atoms with van der Waals surface area (Å²) in [5.74, 6) is -2.17. The van der Waals surface area contributed by atoms with Crippen LogP contribution < -0.4 is 5.73 Å². The summed E-state index contributed by atoms with van der Waals surface area (Å²) in [5, 5.41) is 18.6. The summed E-state index contributed by atoms with van der Waals surface area (Å²) in [7, 11) is 0. The van der Waals surface area contributed by atoms with Gasteiger partial charge >= 0.3 is 11.9 Å². The first-order chi connectivity index (χ1) is 7.77. The van der Waals surface area contributed by atoms with Crippen LogP contribution in [-0.4, -0.2) is 28.2 Å². The summed E-state index contributed by atoms with van der Waals surface area (Å²) < 4.78 is 0. The average molecular weight is 259 g/mol. The van der Waals surface area contributed by atoms with Gasteiger partial charge in [0, 0.05) is 0 Å². The molecule has 0 aromatic rings. The van der Waals surface area contributed by atoms with Gasteiger partial charge < -0.3 is 15.9 Å². The molecule has 0 aromatic heterocycles. The third kappa shape index (κ3) is 2.83. The molecule has 0 saturated heterocycles. The molecule has 1 atom stereocenters. The van der Waals surface area contributed by atoms with Crippen LogP contribution >= 0.6 is 0 Å². The Labute approximate surface area is 108 Å². The van der Waals surface area contributed by atoms with Crippen LogP contribution in [0.15, 0.2) is 0 Å². The van der Waals surface area contributed by atoms with Crippen molar-refractivity contribution in [1.82, 2.24) is 0 Å². The molecule has 0 aliphatic heterocycles. The maximum Gasteiger partial charge on any atom is 0.320 e. The van der Waals surface area contributed by atoms with Crippen LogP contribution in [-0.2, 0) is 9.59 Å². The second-order valence-electron chi connectivity index (χ2n) is 6.86. The van der Waals surface area contributed by atoms with Gasteiger partial charge in [0.2, 0.25) is 0 Å². The van der Waals surface area contributed by atoms with E-state index in [0.29, 0.717) is 0 Å². The summed E-state index contributed by atoms with van der Waals surface area (Å²) in [6.07, 6.45) is -0.0926. The van der Waals surface area contributed by atoms with Crippen LogP contribution in [0.25, 0.3) is 0 Å². The van der Waals surface area contributed by atoms with Crippen LogP contribution in [0.4, 0.5) is 0 Å². The first-order valence-corrected chi connectivity index (χ1v) is 5.99. The highest BCUT2D eigenvalue weighted by Crippen LogP contribution is 2.54. The Morgan fingerprint density at radius 3 is 1.50 bits per heavy atom. The molecule has 4 N–H and O–H groups in total. The number of rotatable bonds is 4. The van der Waals surface area contributed by atoms with Crippen LogP contribution in [0.3, 0.4) is 0 Å². The van der Waals surface area contributed by atoms with Crippen LogP contribution in [0.5, 0.6) is 0 Å². The Morgan fingerprint density at radius 2 is 1.33 bits per heavy atom. The topological polar surface area (TPSA) is 101 Å². The first-order valence-electron chi connectivity index (χ1n) is 5.99. The third-order valence-corrected chi connectivity index (χ3v) is 3.77. The molecule has 0 aromatic carbocycles. The van der Waals surface area contributed by atoms with Gasteiger partial charge in [-0.2, -0.15) is 0 Å². The molecule has 0 bridgehead atoms. The summed E-state index contributed by atoms with van der Waals surface area (Å²) in [6.45, 7) is 10.8. The largest absolute Gasteiger partial charge is 0.481 e. The number of hydrogen-bond donors (Lipinski definition) is 3. The Bertz CT molecular complexity index is 322. The molecule has 0 radical (unpaired) electrons. The van der Waals surface area contributed by atoms with E-state index in [1.807, 2.05) is 0 Å². The average Bonchev–Trinajstić information content (AvgIpc) is 2.08. The predicted molar refractivity (Wildman–Crippen MR) is 69.2 cm³/mol. The van der Waals surface area contributed by atoms with Crippen molar-refractivity contribution in [3.8, 4) is 0 Å². The minimum atomic E-state index is -1.21. The third-order valence-electron chi connectivity index (χ3n) is 3.77. The van der Waals surface area contributed by atoms with E-state index in [1.54, 1.807) is 41.5 Å². The fraction of sp³-hybridized carbons (Fsp3) is 0.846. The normalized spacial score (nSPS) is 15.3. The van der Waals surface area contributed by atoms with Crippen molar-refractivity contribution < 1.29 is 19.8 Å². The number of nitrogens with two attached hydrogens (primary N) is 1. The summed E-state index contributed by atoms with van der Waals surface area (Å²) >= 11 is 0. The highest BCUT2D eigenvalue weighted by atomic mass is 16.4. The van der Waals surface area contributed by atoms with E-state index in [4.69, 9.17) is 10.8 Å². The molecular weight excluding hydrogens is 234 g/mol. The molecular formula is C13H25NO4. The molecule has 0 fully saturated rings. The van der Waals surface area contributed by atoms with Crippen molar-refractivity contribution in [3.05, 3.63) is 0 Å². The summed E-state index contributed by atoms with van der Waals surface area (Å²) in [5.41, 5.74) is 3.15. The van der Waals surface area contributed by atoms with Gasteiger partial charge in [0.25, 0.3) is 0 Å². The van der Waals surface area contributed by atoms with E-state index in [9.17, 15) is 14.7 Å². The number of aliphatic carboxylic acids is 2. The molecule has 0 rings (SSSR count). The minimum absolute atomic E-state index is 0.0926. The summed E-state index contributed by atoms with van der Waals surface area (Å²) in [6, 6.07) is -1.18. The highest BCUT2D eigenvalue weighted by molar-refractivity contribution is 5.79. The molecule has 0 aliphatic rings. The second kappa shape index (κ2) is 4.88. The lowest BCUT2D eigenvalue weighted by Gasteiger charge is -2.51. The lowest BCUT2D eigenvalue weighted by Crippen LogP contribution is -2.56. The van der Waals surface area contributed by atoms with Crippen molar-refractivity contribution in [1.29, 1.82) is 0 Å². The van der Waals surface area contributed by atoms with Gasteiger partial charge in [0.1, 0.15) is 6.04 Å². The molecule has 0 spiro atoms. The van der Waals surface area contributed by atoms with Gasteiger partial charge in [-0.05, 0) is 17.3 Å². The van der Waals surface area contributed by atoms with Crippen LogP contribution in [0, 0.1) is 16.2 Å². The van der Waals surface area contributed by atoms with E-state index in [-0.39, 0.29) is 6.42 Å². The van der Waals surface area contributed by atoms with Crippen molar-refractivity contribution in [2.45, 2.75) is 54.0 Å². The molecule has 106 valence electrons. The molecule has 0 saturated carbocycles. The standard InChI is InChI=1S/C13H25NO4/c1-11(2,3)13(10(17)18,12(4,5)6)7-8(14)9(15)16/h8H,7,14H2,1-6H3,(H,15,16)(H,17,18)/t8-/m1/s1. The maximum absolute atomic E-state index is 11.8. The lowest BCUT2D eigenvalue weighted by atomic mass is 9.52. The predicted octanol–water partition coefficient (Wildman–Crippen LogP) is 1.95. The zero-order chi connectivity index (χ0) is 14.9. The van der Waals surface area contributed by atoms with Gasteiger partial charge in [-0.1, -0.05) is 41.5 Å². The lowest BCUT2D eigenvalue weighted by molar-refractivity contribution is -0.171. The Kier molecular flexibility index (Phi) is 4.58. The minimum Gasteiger partial charge on any atom is -0.481 e. The number of carbonyl (C=O) groups is 2. The van der Waals surface area contributed by atoms with Crippen LogP contribution in [0.1, 0.15) is 48.0 Å². The Hall–Kier alpha value is -1.10. The molecule has 0 unspecified atom stereocenters. The van der Waals surface area contributed by atoms with Gasteiger partial charge in [-0.3, -0.25) is 9.59 Å². The molecule has 5 nitrogen and oxygen atoms in total. The summed E-state index contributed by atoms with van der Waals surface area (Å²) in [4.78, 5) is 22.8. The maximum atomic E-state index is 11.8. The van der Waals surface area contributed by atoms with Crippen LogP contribution in [0.2, 0.25) is 0 Å². The molecule has 18 heavy (non-hydrogen) atoms.